The van der Waals surface area contributed by atoms with Gasteiger partial charge < -0.3 is 15.0 Å². The van der Waals surface area contributed by atoms with E-state index in [1.54, 1.807) is 0 Å². The van der Waals surface area contributed by atoms with Crippen molar-refractivity contribution in [3.63, 3.8) is 0 Å². The van der Waals surface area contributed by atoms with E-state index < -0.39 is 0 Å². The number of nitrogens with one attached hydrogen (secondary N) is 1. The van der Waals surface area contributed by atoms with Crippen LogP contribution in [0.4, 0.5) is 0 Å². The molecule has 1 aliphatic heterocycles. The normalized spacial score (nSPS) is 22.8. The van der Waals surface area contributed by atoms with E-state index in [9.17, 15) is 0 Å². The van der Waals surface area contributed by atoms with Crippen LogP contribution in [0.3, 0.4) is 0 Å². The van der Waals surface area contributed by atoms with Gasteiger partial charge in [-0.3, -0.25) is 4.99 Å². The molecule has 0 radical (unpaired) electrons. The van der Waals surface area contributed by atoms with E-state index in [-0.39, 0.29) is 0 Å². The van der Waals surface area contributed by atoms with Gasteiger partial charge in [-0.1, -0.05) is 32.5 Å². The second kappa shape index (κ2) is 8.12. The average Bonchev–Trinajstić information content (AvgIpc) is 2.32. The highest BCUT2D eigenvalue weighted by Crippen LogP contribution is 2.27. The largest absolute Gasteiger partial charge is 0.378 e. The number of aliphatic imine (C=N–C) groups is 1. The standard InChI is InChI=1S/C14H29N3OS/c1-14(2,3)12-6-11-19-13(16-12)15-7-9-18-10-8-17(4)5/h12H,6-11H2,1-5H3,(H,15,16). The SMILES string of the molecule is CN(C)CCOCCN=C1NC(C(C)(C)C)CCS1. The third-order valence-corrected chi connectivity index (χ3v) is 4.12. The average molecular weight is 287 g/mol. The molecule has 1 unspecified atom stereocenters. The molecule has 0 spiro atoms. The Morgan fingerprint density at radius 2 is 2.11 bits per heavy atom. The molecule has 1 saturated heterocycles. The number of ether oxygens (including phenoxy) is 1. The van der Waals surface area contributed by atoms with Crippen molar-refractivity contribution in [2.75, 3.05) is 46.2 Å². The fraction of sp³-hybridized carbons (Fsp3) is 0.929. The number of amidine groups is 1. The van der Waals surface area contributed by atoms with Gasteiger partial charge >= 0.3 is 0 Å². The van der Waals surface area contributed by atoms with Crippen molar-refractivity contribution in [3.8, 4) is 0 Å². The predicted molar refractivity (Wildman–Crippen MR) is 85.1 cm³/mol. The minimum Gasteiger partial charge on any atom is -0.378 e. The van der Waals surface area contributed by atoms with Crippen molar-refractivity contribution in [3.05, 3.63) is 0 Å². The molecule has 0 saturated carbocycles. The molecule has 5 heteroatoms. The van der Waals surface area contributed by atoms with Crippen LogP contribution in [-0.4, -0.2) is 62.3 Å². The fourth-order valence-corrected chi connectivity index (χ4v) is 2.79. The Bertz CT molecular complexity index is 287. The molecule has 112 valence electrons. The second-order valence-electron chi connectivity index (χ2n) is 6.30. The summed E-state index contributed by atoms with van der Waals surface area (Å²) in [4.78, 5) is 6.72. The summed E-state index contributed by atoms with van der Waals surface area (Å²) in [5.41, 5.74) is 0.296. The monoisotopic (exact) mass is 287 g/mol. The zero-order valence-corrected chi connectivity index (χ0v) is 13.8. The number of hydrogen-bond acceptors (Lipinski definition) is 4. The van der Waals surface area contributed by atoms with E-state index in [2.05, 4.69) is 50.1 Å². The molecular formula is C14H29N3OS. The van der Waals surface area contributed by atoms with Gasteiger partial charge in [0.2, 0.25) is 0 Å². The Hall–Kier alpha value is -0.260. The molecule has 1 fully saturated rings. The van der Waals surface area contributed by atoms with E-state index in [1.807, 2.05) is 11.8 Å². The van der Waals surface area contributed by atoms with Crippen LogP contribution in [-0.2, 0) is 4.74 Å². The Balaban J connectivity index is 2.22. The van der Waals surface area contributed by atoms with E-state index in [0.29, 0.717) is 18.1 Å². The van der Waals surface area contributed by atoms with Crippen molar-refractivity contribution in [1.29, 1.82) is 0 Å². The fourth-order valence-electron chi connectivity index (χ4n) is 1.84. The summed E-state index contributed by atoms with van der Waals surface area (Å²) >= 11 is 1.83. The van der Waals surface area contributed by atoms with Crippen LogP contribution in [0.1, 0.15) is 27.2 Å². The van der Waals surface area contributed by atoms with Crippen molar-refractivity contribution >= 4 is 16.9 Å². The van der Waals surface area contributed by atoms with Crippen molar-refractivity contribution in [1.82, 2.24) is 10.2 Å². The van der Waals surface area contributed by atoms with Gasteiger partial charge in [-0.2, -0.15) is 0 Å². The van der Waals surface area contributed by atoms with Gasteiger partial charge in [0, 0.05) is 18.3 Å². The summed E-state index contributed by atoms with van der Waals surface area (Å²) in [6, 6.07) is 0.530. The maximum atomic E-state index is 5.54. The van der Waals surface area contributed by atoms with E-state index in [1.165, 1.54) is 6.42 Å². The maximum Gasteiger partial charge on any atom is 0.156 e. The number of rotatable bonds is 6. The minimum absolute atomic E-state index is 0.296. The molecule has 0 aromatic heterocycles. The summed E-state index contributed by atoms with van der Waals surface area (Å²) in [7, 11) is 4.11. The predicted octanol–water partition coefficient (Wildman–Crippen LogP) is 2.06. The summed E-state index contributed by atoms with van der Waals surface area (Å²) in [5.74, 6) is 1.16. The van der Waals surface area contributed by atoms with Crippen molar-refractivity contribution in [2.45, 2.75) is 33.2 Å². The first kappa shape index (κ1) is 16.8. The molecule has 1 rings (SSSR count). The Morgan fingerprint density at radius 3 is 2.74 bits per heavy atom. The van der Waals surface area contributed by atoms with E-state index >= 15 is 0 Å². The van der Waals surface area contributed by atoms with Crippen LogP contribution in [0.25, 0.3) is 0 Å². The van der Waals surface area contributed by atoms with Gasteiger partial charge in [0.05, 0.1) is 19.8 Å². The highest BCUT2D eigenvalue weighted by Gasteiger charge is 2.28. The van der Waals surface area contributed by atoms with Crippen molar-refractivity contribution in [2.24, 2.45) is 10.4 Å². The molecule has 1 aliphatic rings. The molecule has 0 aromatic rings. The molecule has 0 aromatic carbocycles. The first-order valence-electron chi connectivity index (χ1n) is 7.06. The summed E-state index contributed by atoms with van der Waals surface area (Å²) in [5, 5.41) is 4.64. The molecular weight excluding hydrogens is 258 g/mol. The summed E-state index contributed by atoms with van der Waals surface area (Å²) in [6.07, 6.45) is 1.21. The number of likely N-dealkylation sites (N-methyl/N-ethyl adjacent to an activating group) is 1. The number of thioether (sulfide) groups is 1. The molecule has 1 atom stereocenters. The van der Waals surface area contributed by atoms with Crippen LogP contribution in [0, 0.1) is 5.41 Å². The number of nitrogens with zero attached hydrogens (tertiary/aromatic N) is 2. The lowest BCUT2D eigenvalue weighted by atomic mass is 9.85. The van der Waals surface area contributed by atoms with Gasteiger partial charge in [0.1, 0.15) is 0 Å². The first-order valence-corrected chi connectivity index (χ1v) is 8.04. The smallest absolute Gasteiger partial charge is 0.156 e. The molecule has 19 heavy (non-hydrogen) atoms. The van der Waals surface area contributed by atoms with Crippen LogP contribution < -0.4 is 5.32 Å². The van der Waals surface area contributed by atoms with Crippen LogP contribution in [0.2, 0.25) is 0 Å². The van der Waals surface area contributed by atoms with Gasteiger partial charge in [-0.15, -0.1) is 0 Å². The van der Waals surface area contributed by atoms with Gasteiger partial charge in [0.15, 0.2) is 5.17 Å². The Labute approximate surface area is 122 Å². The van der Waals surface area contributed by atoms with E-state index in [0.717, 1.165) is 30.6 Å². The third kappa shape index (κ3) is 7.18. The zero-order chi connectivity index (χ0) is 14.3. The van der Waals surface area contributed by atoms with Crippen LogP contribution in [0.5, 0.6) is 0 Å². The lowest BCUT2D eigenvalue weighted by molar-refractivity contribution is 0.124. The van der Waals surface area contributed by atoms with Crippen LogP contribution >= 0.6 is 11.8 Å². The van der Waals surface area contributed by atoms with E-state index in [4.69, 9.17) is 4.74 Å². The summed E-state index contributed by atoms with van der Waals surface area (Å²) < 4.78 is 5.54. The zero-order valence-electron chi connectivity index (χ0n) is 13.0. The maximum absolute atomic E-state index is 5.54. The molecule has 4 nitrogen and oxygen atoms in total. The van der Waals surface area contributed by atoms with Gasteiger partial charge in [-0.25, -0.2) is 0 Å². The highest BCUT2D eigenvalue weighted by atomic mass is 32.2. The van der Waals surface area contributed by atoms with Gasteiger partial charge in [0.25, 0.3) is 0 Å². The topological polar surface area (TPSA) is 36.9 Å². The van der Waals surface area contributed by atoms with Crippen molar-refractivity contribution < 1.29 is 4.74 Å². The van der Waals surface area contributed by atoms with Gasteiger partial charge in [-0.05, 0) is 25.9 Å². The molecule has 0 aliphatic carbocycles. The molecule has 1 heterocycles. The lowest BCUT2D eigenvalue weighted by Crippen LogP contribution is -2.46. The van der Waals surface area contributed by atoms with Crippen LogP contribution in [0.15, 0.2) is 4.99 Å². The highest BCUT2D eigenvalue weighted by molar-refractivity contribution is 8.13. The first-order chi connectivity index (χ1) is 8.89. The summed E-state index contributed by atoms with van der Waals surface area (Å²) in [6.45, 7) is 10.0. The number of hydrogen-bond donors (Lipinski definition) is 1. The Morgan fingerprint density at radius 1 is 1.37 bits per heavy atom. The molecule has 0 amide bonds. The molecule has 1 N–H and O–H groups in total. The Kier molecular flexibility index (Phi) is 7.18. The molecule has 0 bridgehead atoms. The lowest BCUT2D eigenvalue weighted by Gasteiger charge is -2.35. The minimum atomic E-state index is 0.296. The third-order valence-electron chi connectivity index (χ3n) is 3.16. The second-order valence-corrected chi connectivity index (χ2v) is 7.39. The quantitative estimate of drug-likeness (QED) is 0.759.